The third-order valence-electron chi connectivity index (χ3n) is 3.90. The van der Waals surface area contributed by atoms with E-state index in [1.807, 2.05) is 0 Å². The summed E-state index contributed by atoms with van der Waals surface area (Å²) in [5.74, 6) is 2.53. The second-order valence-electron chi connectivity index (χ2n) is 5.46. The van der Waals surface area contributed by atoms with Crippen molar-refractivity contribution < 1.29 is 0 Å². The lowest BCUT2D eigenvalue weighted by atomic mass is 9.99. The molecule has 2 aliphatic rings. The van der Waals surface area contributed by atoms with E-state index in [0.29, 0.717) is 5.92 Å². The second kappa shape index (κ2) is 5.53. The zero-order valence-corrected chi connectivity index (χ0v) is 11.9. The van der Waals surface area contributed by atoms with Crippen LogP contribution in [0.3, 0.4) is 0 Å². The van der Waals surface area contributed by atoms with Crippen LogP contribution in [0.5, 0.6) is 0 Å². The molecule has 1 saturated heterocycles. The first-order valence-electron chi connectivity index (χ1n) is 7.16. The van der Waals surface area contributed by atoms with E-state index in [9.17, 15) is 0 Å². The average Bonchev–Trinajstić information content (AvgIpc) is 3.16. The average molecular weight is 266 g/mol. The molecule has 0 spiro atoms. The molecule has 1 atom stereocenters. The fourth-order valence-electron chi connectivity index (χ4n) is 2.60. The van der Waals surface area contributed by atoms with Gasteiger partial charge in [-0.25, -0.2) is 4.98 Å². The van der Waals surface area contributed by atoms with Crippen LogP contribution in [0, 0.1) is 5.92 Å². The molecule has 0 bridgehead atoms. The smallest absolute Gasteiger partial charge is 0.205 e. The Morgan fingerprint density at radius 3 is 2.94 bits per heavy atom. The molecule has 1 unspecified atom stereocenters. The molecule has 1 N–H and O–H groups in total. The number of hydrogen-bond donors (Lipinski definition) is 1. The topological polar surface area (TPSA) is 41.0 Å². The lowest BCUT2D eigenvalue weighted by molar-refractivity contribution is 0.378. The minimum atomic E-state index is 0.671. The molecular weight excluding hydrogens is 244 g/mol. The lowest BCUT2D eigenvalue weighted by Crippen LogP contribution is -2.38. The number of hydrogen-bond acceptors (Lipinski definition) is 5. The quantitative estimate of drug-likeness (QED) is 0.887. The van der Waals surface area contributed by atoms with E-state index >= 15 is 0 Å². The Bertz CT molecular complexity index is 382. The fraction of sp³-hybridized carbons (Fsp3) is 0.846. The maximum Gasteiger partial charge on any atom is 0.205 e. The van der Waals surface area contributed by atoms with Gasteiger partial charge in [-0.1, -0.05) is 0 Å². The molecule has 1 aliphatic carbocycles. The predicted molar refractivity (Wildman–Crippen MR) is 75.4 cm³/mol. The Kier molecular flexibility index (Phi) is 3.80. The van der Waals surface area contributed by atoms with Crippen LogP contribution in [0.4, 0.5) is 5.13 Å². The van der Waals surface area contributed by atoms with Crippen molar-refractivity contribution >= 4 is 16.7 Å². The van der Waals surface area contributed by atoms with E-state index in [1.54, 1.807) is 11.5 Å². The predicted octanol–water partition coefficient (Wildman–Crippen LogP) is 2.24. The minimum absolute atomic E-state index is 0.671. The Morgan fingerprint density at radius 2 is 2.28 bits per heavy atom. The number of aromatic nitrogens is 2. The first-order valence-corrected chi connectivity index (χ1v) is 7.93. The van der Waals surface area contributed by atoms with Crippen molar-refractivity contribution in [1.82, 2.24) is 14.7 Å². The zero-order valence-electron chi connectivity index (χ0n) is 11.1. The summed E-state index contributed by atoms with van der Waals surface area (Å²) in [7, 11) is 0. The SMILES string of the molecule is CCN(CC1CCCNC1)c1nc(C2CC2)ns1. The molecule has 0 aromatic carbocycles. The third-order valence-corrected chi connectivity index (χ3v) is 4.69. The van der Waals surface area contributed by atoms with Gasteiger partial charge in [-0.15, -0.1) is 0 Å². The summed E-state index contributed by atoms with van der Waals surface area (Å²) in [5, 5.41) is 4.62. The number of rotatable bonds is 5. The van der Waals surface area contributed by atoms with Crippen LogP contribution in [-0.4, -0.2) is 35.5 Å². The molecule has 1 saturated carbocycles. The van der Waals surface area contributed by atoms with Gasteiger partial charge in [0.1, 0.15) is 5.82 Å². The molecule has 1 aliphatic heterocycles. The van der Waals surface area contributed by atoms with Crippen molar-refractivity contribution in [3.05, 3.63) is 5.82 Å². The molecule has 5 heteroatoms. The molecule has 4 nitrogen and oxygen atoms in total. The van der Waals surface area contributed by atoms with Gasteiger partial charge in [-0.05, 0) is 51.6 Å². The fourth-order valence-corrected chi connectivity index (χ4v) is 3.41. The second-order valence-corrected chi connectivity index (χ2v) is 6.19. The zero-order chi connectivity index (χ0) is 12.4. The lowest BCUT2D eigenvalue weighted by Gasteiger charge is -2.28. The van der Waals surface area contributed by atoms with E-state index in [1.165, 1.54) is 32.2 Å². The van der Waals surface area contributed by atoms with Crippen molar-refractivity contribution in [2.24, 2.45) is 5.92 Å². The van der Waals surface area contributed by atoms with Gasteiger partial charge in [-0.3, -0.25) is 0 Å². The Balaban J connectivity index is 1.62. The van der Waals surface area contributed by atoms with Gasteiger partial charge >= 0.3 is 0 Å². The van der Waals surface area contributed by atoms with Crippen LogP contribution < -0.4 is 10.2 Å². The van der Waals surface area contributed by atoms with E-state index in [4.69, 9.17) is 4.98 Å². The van der Waals surface area contributed by atoms with Gasteiger partial charge in [0.05, 0.1) is 0 Å². The molecule has 18 heavy (non-hydrogen) atoms. The molecule has 100 valence electrons. The first-order chi connectivity index (χ1) is 8.86. The molecular formula is C13H22N4S. The van der Waals surface area contributed by atoms with Crippen molar-refractivity contribution in [2.45, 2.75) is 38.5 Å². The summed E-state index contributed by atoms with van der Waals surface area (Å²) < 4.78 is 4.51. The van der Waals surface area contributed by atoms with E-state index in [-0.39, 0.29) is 0 Å². The highest BCUT2D eigenvalue weighted by Gasteiger charge is 2.28. The van der Waals surface area contributed by atoms with Crippen molar-refractivity contribution in [3.63, 3.8) is 0 Å². The number of piperidine rings is 1. The molecule has 1 aromatic rings. The van der Waals surface area contributed by atoms with Crippen LogP contribution in [-0.2, 0) is 0 Å². The summed E-state index contributed by atoms with van der Waals surface area (Å²) in [4.78, 5) is 7.13. The number of anilines is 1. The summed E-state index contributed by atoms with van der Waals surface area (Å²) >= 11 is 1.58. The highest BCUT2D eigenvalue weighted by Crippen LogP contribution is 2.39. The van der Waals surface area contributed by atoms with E-state index < -0.39 is 0 Å². The molecule has 2 fully saturated rings. The third kappa shape index (κ3) is 2.83. The van der Waals surface area contributed by atoms with Gasteiger partial charge in [0, 0.05) is 30.5 Å². The highest BCUT2D eigenvalue weighted by molar-refractivity contribution is 7.09. The van der Waals surface area contributed by atoms with Gasteiger partial charge in [0.2, 0.25) is 5.13 Å². The Hall–Kier alpha value is -0.680. The monoisotopic (exact) mass is 266 g/mol. The molecule has 0 radical (unpaired) electrons. The summed E-state index contributed by atoms with van der Waals surface area (Å²) in [6.07, 6.45) is 5.23. The summed E-state index contributed by atoms with van der Waals surface area (Å²) in [5.41, 5.74) is 0. The van der Waals surface area contributed by atoms with Crippen LogP contribution in [0.15, 0.2) is 0 Å². The number of nitrogens with zero attached hydrogens (tertiary/aromatic N) is 3. The highest BCUT2D eigenvalue weighted by atomic mass is 32.1. The normalized spacial score (nSPS) is 24.2. The van der Waals surface area contributed by atoms with E-state index in [0.717, 1.165) is 36.5 Å². The van der Waals surface area contributed by atoms with Gasteiger partial charge in [0.15, 0.2) is 0 Å². The molecule has 0 amide bonds. The van der Waals surface area contributed by atoms with Gasteiger partial charge in [-0.2, -0.15) is 4.37 Å². The van der Waals surface area contributed by atoms with Crippen molar-refractivity contribution in [2.75, 3.05) is 31.1 Å². The Labute approximate surface area is 113 Å². The number of nitrogens with one attached hydrogen (secondary N) is 1. The largest absolute Gasteiger partial charge is 0.347 e. The maximum absolute atomic E-state index is 4.72. The molecule has 3 rings (SSSR count). The van der Waals surface area contributed by atoms with Crippen LogP contribution in [0.2, 0.25) is 0 Å². The summed E-state index contributed by atoms with van der Waals surface area (Å²) in [6, 6.07) is 0. The standard InChI is InChI=1S/C13H22N4S/c1-2-17(9-10-4-3-7-14-8-10)13-15-12(16-18-13)11-5-6-11/h10-11,14H,2-9H2,1H3. The van der Waals surface area contributed by atoms with Crippen LogP contribution >= 0.6 is 11.5 Å². The maximum atomic E-state index is 4.72. The molecule has 2 heterocycles. The van der Waals surface area contributed by atoms with Crippen LogP contribution in [0.25, 0.3) is 0 Å². The van der Waals surface area contributed by atoms with E-state index in [2.05, 4.69) is 21.5 Å². The van der Waals surface area contributed by atoms with Crippen molar-refractivity contribution in [3.8, 4) is 0 Å². The van der Waals surface area contributed by atoms with Gasteiger partial charge < -0.3 is 10.2 Å². The Morgan fingerprint density at radius 1 is 1.39 bits per heavy atom. The summed E-state index contributed by atoms with van der Waals surface area (Å²) in [6.45, 7) is 6.73. The minimum Gasteiger partial charge on any atom is -0.347 e. The van der Waals surface area contributed by atoms with Crippen LogP contribution in [0.1, 0.15) is 44.3 Å². The molecule has 1 aromatic heterocycles. The van der Waals surface area contributed by atoms with Gasteiger partial charge in [0.25, 0.3) is 0 Å². The first kappa shape index (κ1) is 12.4. The van der Waals surface area contributed by atoms with Crippen molar-refractivity contribution in [1.29, 1.82) is 0 Å².